The lowest BCUT2D eigenvalue weighted by Crippen LogP contribution is -2.19. The Balaban J connectivity index is 1.51. The Hall–Kier alpha value is -3.29. The maximum Gasteiger partial charge on any atom is 0.350 e. The van der Waals surface area contributed by atoms with E-state index in [2.05, 4.69) is 30.9 Å². The van der Waals surface area contributed by atoms with Crippen molar-refractivity contribution in [2.45, 2.75) is 44.2 Å². The number of hydrogen-bond donors (Lipinski definition) is 3. The largest absolute Gasteiger partial charge is 0.462 e. The number of hydrogen-bond acceptors (Lipinski definition) is 12. The van der Waals surface area contributed by atoms with Gasteiger partial charge in [-0.25, -0.2) is 18.2 Å². The number of aryl methyl sites for hydroxylation is 1. The van der Waals surface area contributed by atoms with Gasteiger partial charge in [0.15, 0.2) is 15.0 Å². The van der Waals surface area contributed by atoms with Crippen molar-refractivity contribution >= 4 is 49.9 Å². The number of carbonyl (C=O) groups excluding carboxylic acids is 1. The molecular weight excluding hydrogens is 516 g/mol. The lowest BCUT2D eigenvalue weighted by molar-refractivity contribution is 0.0531. The van der Waals surface area contributed by atoms with Crippen LogP contribution in [0, 0.1) is 6.92 Å². The number of carbonyl (C=O) groups is 1. The summed E-state index contributed by atoms with van der Waals surface area (Å²) in [6.45, 7) is 5.59. The van der Waals surface area contributed by atoms with Gasteiger partial charge in [0, 0.05) is 32.0 Å². The highest BCUT2D eigenvalue weighted by atomic mass is 32.2. The molecule has 0 bridgehead atoms. The van der Waals surface area contributed by atoms with Crippen molar-refractivity contribution in [3.05, 3.63) is 46.5 Å². The summed E-state index contributed by atoms with van der Waals surface area (Å²) < 4.78 is 34.2. The molecule has 0 amide bonds. The van der Waals surface area contributed by atoms with E-state index in [-0.39, 0.29) is 17.6 Å². The van der Waals surface area contributed by atoms with Gasteiger partial charge in [0.25, 0.3) is 0 Å². The molecule has 37 heavy (non-hydrogen) atoms. The number of nitrogens with one attached hydrogen (secondary N) is 3. The third kappa shape index (κ3) is 7.37. The Morgan fingerprint density at radius 3 is 2.54 bits per heavy atom. The van der Waals surface area contributed by atoms with Crippen LogP contribution in [-0.2, 0) is 25.9 Å². The van der Waals surface area contributed by atoms with Crippen molar-refractivity contribution in [3.8, 4) is 0 Å². The van der Waals surface area contributed by atoms with Crippen LogP contribution < -0.4 is 16.0 Å². The summed E-state index contributed by atoms with van der Waals surface area (Å²) in [5.41, 5.74) is 1.46. The van der Waals surface area contributed by atoms with Crippen LogP contribution >= 0.6 is 11.3 Å². The van der Waals surface area contributed by atoms with Crippen molar-refractivity contribution in [1.82, 2.24) is 15.0 Å². The summed E-state index contributed by atoms with van der Waals surface area (Å²) in [7, 11) is -3.25. The zero-order valence-electron chi connectivity index (χ0n) is 20.9. The highest BCUT2D eigenvalue weighted by molar-refractivity contribution is 7.90. The Labute approximate surface area is 220 Å². The first-order valence-corrected chi connectivity index (χ1v) is 14.6. The smallest absolute Gasteiger partial charge is 0.350 e. The van der Waals surface area contributed by atoms with E-state index in [4.69, 9.17) is 9.47 Å². The van der Waals surface area contributed by atoms with Crippen LogP contribution in [-0.4, -0.2) is 61.5 Å². The monoisotopic (exact) mass is 546 g/mol. The van der Waals surface area contributed by atoms with E-state index in [1.807, 2.05) is 0 Å². The standard InChI is InChI=1S/C24H30N6O5S2/c1-4-34-22(31)21-15(2)27-24(36-21)30-23-28-19(12-20(29-23)26-14-17-6-5-11-35-17)25-13-16-7-9-18(10-8-16)37(3,32)33/h7-10,12,17H,4-6,11,13-14H2,1-3H3,(H3,25,26,27,28,29,30). The van der Waals surface area contributed by atoms with E-state index in [1.54, 1.807) is 44.2 Å². The number of rotatable bonds is 11. The molecule has 1 saturated heterocycles. The van der Waals surface area contributed by atoms with Gasteiger partial charge in [0.1, 0.15) is 16.5 Å². The van der Waals surface area contributed by atoms with E-state index >= 15 is 0 Å². The maximum absolute atomic E-state index is 12.2. The first-order chi connectivity index (χ1) is 17.7. The van der Waals surface area contributed by atoms with Gasteiger partial charge in [-0.3, -0.25) is 5.32 Å². The zero-order chi connectivity index (χ0) is 26.4. The SMILES string of the molecule is CCOC(=O)c1sc(Nc2nc(NCc3ccc(S(C)(=O)=O)cc3)cc(NCC3CCCO3)n2)nc1C. The number of anilines is 4. The predicted molar refractivity (Wildman–Crippen MR) is 142 cm³/mol. The highest BCUT2D eigenvalue weighted by Crippen LogP contribution is 2.27. The van der Waals surface area contributed by atoms with Gasteiger partial charge in [-0.1, -0.05) is 23.5 Å². The number of esters is 1. The fraction of sp³-hybridized carbons (Fsp3) is 0.417. The van der Waals surface area contributed by atoms with Crippen molar-refractivity contribution in [1.29, 1.82) is 0 Å². The summed E-state index contributed by atoms with van der Waals surface area (Å²) >= 11 is 1.17. The molecule has 0 saturated carbocycles. The molecule has 198 valence electrons. The molecule has 13 heteroatoms. The molecule has 3 N–H and O–H groups in total. The number of benzene rings is 1. The predicted octanol–water partition coefficient (Wildman–Crippen LogP) is 3.77. The summed E-state index contributed by atoms with van der Waals surface area (Å²) in [5, 5.41) is 10.1. The molecule has 0 spiro atoms. The lowest BCUT2D eigenvalue weighted by atomic mass is 10.2. The van der Waals surface area contributed by atoms with Gasteiger partial charge in [-0.05, 0) is 44.4 Å². The maximum atomic E-state index is 12.2. The van der Waals surface area contributed by atoms with E-state index in [0.29, 0.717) is 46.4 Å². The minimum atomic E-state index is -3.25. The van der Waals surface area contributed by atoms with Crippen LogP contribution in [0.25, 0.3) is 0 Å². The molecule has 3 aromatic rings. The zero-order valence-corrected chi connectivity index (χ0v) is 22.5. The van der Waals surface area contributed by atoms with Gasteiger partial charge in [0.2, 0.25) is 5.95 Å². The van der Waals surface area contributed by atoms with Gasteiger partial charge >= 0.3 is 5.97 Å². The molecule has 3 heterocycles. The van der Waals surface area contributed by atoms with Gasteiger partial charge in [-0.2, -0.15) is 9.97 Å². The van der Waals surface area contributed by atoms with Crippen molar-refractivity contribution in [3.63, 3.8) is 0 Å². The number of thiazole rings is 1. The van der Waals surface area contributed by atoms with E-state index in [1.165, 1.54) is 17.6 Å². The Kier molecular flexibility index (Phi) is 8.56. The minimum Gasteiger partial charge on any atom is -0.462 e. The molecule has 2 aromatic heterocycles. The molecule has 4 rings (SSSR count). The summed E-state index contributed by atoms with van der Waals surface area (Å²) in [6, 6.07) is 8.48. The second-order valence-corrected chi connectivity index (χ2v) is 11.5. The second-order valence-electron chi connectivity index (χ2n) is 8.53. The average Bonchev–Trinajstić information content (AvgIpc) is 3.51. The van der Waals surface area contributed by atoms with Crippen molar-refractivity contribution in [2.24, 2.45) is 0 Å². The Morgan fingerprint density at radius 2 is 1.89 bits per heavy atom. The molecule has 11 nitrogen and oxygen atoms in total. The Morgan fingerprint density at radius 1 is 1.16 bits per heavy atom. The number of nitrogens with zero attached hydrogens (tertiary/aromatic N) is 3. The Bertz CT molecular complexity index is 1340. The molecule has 1 atom stereocenters. The molecule has 1 aromatic carbocycles. The van der Waals surface area contributed by atoms with Gasteiger partial charge < -0.3 is 20.1 Å². The van der Waals surface area contributed by atoms with Crippen LogP contribution in [0.2, 0.25) is 0 Å². The summed E-state index contributed by atoms with van der Waals surface area (Å²) in [6.07, 6.45) is 3.35. The summed E-state index contributed by atoms with van der Waals surface area (Å²) in [4.78, 5) is 26.4. The van der Waals surface area contributed by atoms with Crippen LogP contribution in [0.3, 0.4) is 0 Å². The first kappa shape index (κ1) is 26.8. The molecule has 0 radical (unpaired) electrons. The fourth-order valence-electron chi connectivity index (χ4n) is 3.69. The van der Waals surface area contributed by atoms with Crippen LogP contribution in [0.5, 0.6) is 0 Å². The number of ether oxygens (including phenoxy) is 2. The van der Waals surface area contributed by atoms with Gasteiger partial charge in [0.05, 0.1) is 23.3 Å². The average molecular weight is 547 g/mol. The molecule has 1 fully saturated rings. The second kappa shape index (κ2) is 11.8. The third-order valence-electron chi connectivity index (χ3n) is 5.56. The van der Waals surface area contributed by atoms with Gasteiger partial charge in [-0.15, -0.1) is 0 Å². The van der Waals surface area contributed by atoms with Crippen molar-refractivity contribution < 1.29 is 22.7 Å². The molecular formula is C24H30N6O5S2. The quantitative estimate of drug-likeness (QED) is 0.302. The number of aromatic nitrogens is 3. The molecule has 1 aliphatic rings. The molecule has 1 aliphatic heterocycles. The highest BCUT2D eigenvalue weighted by Gasteiger charge is 2.18. The van der Waals surface area contributed by atoms with E-state index < -0.39 is 15.8 Å². The fourth-order valence-corrected chi connectivity index (χ4v) is 5.17. The first-order valence-electron chi connectivity index (χ1n) is 11.9. The summed E-state index contributed by atoms with van der Waals surface area (Å²) in [5.74, 6) is 1.04. The van der Waals surface area contributed by atoms with E-state index in [9.17, 15) is 13.2 Å². The molecule has 0 aliphatic carbocycles. The minimum absolute atomic E-state index is 0.130. The van der Waals surface area contributed by atoms with E-state index in [0.717, 1.165) is 25.0 Å². The topological polar surface area (TPSA) is 144 Å². The molecule has 1 unspecified atom stereocenters. The van der Waals surface area contributed by atoms with Crippen molar-refractivity contribution in [2.75, 3.05) is 42.0 Å². The lowest BCUT2D eigenvalue weighted by Gasteiger charge is -2.14. The van der Waals surface area contributed by atoms with Crippen LogP contribution in [0.1, 0.15) is 40.7 Å². The number of sulfone groups is 1. The van der Waals surface area contributed by atoms with Crippen LogP contribution in [0.15, 0.2) is 35.2 Å². The normalized spacial score (nSPS) is 15.4. The third-order valence-corrected chi connectivity index (χ3v) is 7.74. The van der Waals surface area contributed by atoms with Crippen LogP contribution in [0.4, 0.5) is 22.7 Å².